The summed E-state index contributed by atoms with van der Waals surface area (Å²) in [4.78, 5) is 12.8. The van der Waals surface area contributed by atoms with Crippen LogP contribution < -0.4 is 0 Å². The fourth-order valence-corrected chi connectivity index (χ4v) is 12.4. The minimum absolute atomic E-state index is 0.0955. The predicted molar refractivity (Wildman–Crippen MR) is 158 cm³/mol. The molecule has 1 fully saturated rings. The Bertz CT molecular complexity index is 721. The number of hydrogen-bond acceptors (Lipinski definition) is 6. The molecule has 0 aliphatic carbocycles. The van der Waals surface area contributed by atoms with Crippen LogP contribution in [0.3, 0.4) is 0 Å². The van der Waals surface area contributed by atoms with Crippen molar-refractivity contribution in [1.29, 1.82) is 0 Å². The molecule has 0 spiro atoms. The zero-order valence-electron chi connectivity index (χ0n) is 26.8. The van der Waals surface area contributed by atoms with E-state index in [-0.39, 0.29) is 30.3 Å². The van der Waals surface area contributed by atoms with Crippen molar-refractivity contribution in [2.45, 2.75) is 156 Å². The normalized spacial score (nSPS) is 25.2. The Morgan fingerprint density at radius 2 is 1.49 bits per heavy atom. The summed E-state index contributed by atoms with van der Waals surface area (Å²) in [5.41, 5.74) is 0.857. The van der Waals surface area contributed by atoms with Crippen molar-refractivity contribution < 1.29 is 28.2 Å². The van der Waals surface area contributed by atoms with Gasteiger partial charge in [0.25, 0.3) is 0 Å². The first-order valence-electron chi connectivity index (χ1n) is 14.5. The molecule has 1 heterocycles. The molecule has 4 atom stereocenters. The Balaban J connectivity index is 3.43. The molecule has 37 heavy (non-hydrogen) atoms. The van der Waals surface area contributed by atoms with Gasteiger partial charge < -0.3 is 23.4 Å². The molecule has 1 aliphatic heterocycles. The lowest BCUT2D eigenvalue weighted by Gasteiger charge is -2.52. The molecule has 1 rings (SSSR count). The van der Waals surface area contributed by atoms with Gasteiger partial charge in [-0.25, -0.2) is 0 Å². The van der Waals surface area contributed by atoms with Crippen molar-refractivity contribution in [3.63, 3.8) is 0 Å². The zero-order chi connectivity index (χ0) is 29.2. The Labute approximate surface area is 230 Å². The maximum absolute atomic E-state index is 12.8. The monoisotopic (exact) mass is 560 g/mol. The molecular weight excluding hydrogens is 500 g/mol. The van der Waals surface area contributed by atoms with Gasteiger partial charge in [0.1, 0.15) is 5.92 Å². The first-order valence-corrected chi connectivity index (χ1v) is 19.5. The second-order valence-electron chi connectivity index (χ2n) is 14.5. The summed E-state index contributed by atoms with van der Waals surface area (Å²) in [5, 5.41) is 12.0. The van der Waals surface area contributed by atoms with Crippen LogP contribution in [0.15, 0.2) is 0 Å². The first-order chi connectivity index (χ1) is 16.6. The van der Waals surface area contributed by atoms with Crippen molar-refractivity contribution in [1.82, 2.24) is 0 Å². The molecule has 0 unspecified atom stereocenters. The predicted octanol–water partition coefficient (Wildman–Crippen LogP) is 7.66. The zero-order valence-corrected chi connectivity index (χ0v) is 28.8. The fraction of sp³-hybridized carbons (Fsp3) is 0.966. The highest BCUT2D eigenvalue weighted by Crippen LogP contribution is 2.48. The van der Waals surface area contributed by atoms with Crippen molar-refractivity contribution in [3.8, 4) is 0 Å². The van der Waals surface area contributed by atoms with Crippen molar-refractivity contribution in [2.24, 2.45) is 11.3 Å². The lowest BCUT2D eigenvalue weighted by molar-refractivity contribution is -0.310. The summed E-state index contributed by atoms with van der Waals surface area (Å²) in [6.07, 6.45) is 0.360. The van der Waals surface area contributed by atoms with Crippen LogP contribution in [-0.2, 0) is 23.1 Å². The summed E-state index contributed by atoms with van der Waals surface area (Å²) < 4.78 is 25.6. The van der Waals surface area contributed by atoms with E-state index in [0.717, 1.165) is 0 Å². The second-order valence-corrected chi connectivity index (χ2v) is 24.7. The minimum atomic E-state index is -2.22. The Morgan fingerprint density at radius 1 is 1.00 bits per heavy atom. The number of ether oxygens (including phenoxy) is 2. The molecule has 1 saturated heterocycles. The molecule has 0 bridgehead atoms. The fourth-order valence-electron chi connectivity index (χ4n) is 5.66. The van der Waals surface area contributed by atoms with Crippen molar-refractivity contribution >= 4 is 22.6 Å². The molecule has 6 nitrogen and oxygen atoms in total. The third-order valence-electron chi connectivity index (χ3n) is 9.22. The van der Waals surface area contributed by atoms with Crippen LogP contribution in [0.4, 0.5) is 0 Å². The van der Waals surface area contributed by atoms with Gasteiger partial charge in [0.15, 0.2) is 14.1 Å². The van der Waals surface area contributed by atoms with Crippen LogP contribution in [0.1, 0.15) is 103 Å². The van der Waals surface area contributed by atoms with Gasteiger partial charge in [-0.15, -0.1) is 0 Å². The van der Waals surface area contributed by atoms with E-state index < -0.39 is 39.7 Å². The van der Waals surface area contributed by atoms with Gasteiger partial charge in [-0.3, -0.25) is 4.79 Å². The highest BCUT2D eigenvalue weighted by atomic mass is 28.4. The Hall–Kier alpha value is -0.256. The van der Waals surface area contributed by atoms with Crippen LogP contribution in [0, 0.1) is 11.3 Å². The van der Waals surface area contributed by atoms with E-state index in [1.54, 1.807) is 13.8 Å². The smallest absolute Gasteiger partial charge is 0.314 e. The van der Waals surface area contributed by atoms with Gasteiger partial charge in [0.05, 0.1) is 18.8 Å². The minimum Gasteiger partial charge on any atom is -0.466 e. The van der Waals surface area contributed by atoms with Crippen LogP contribution in [0.25, 0.3) is 0 Å². The number of rotatable bonds is 12. The van der Waals surface area contributed by atoms with Gasteiger partial charge in [-0.2, -0.15) is 0 Å². The summed E-state index contributed by atoms with van der Waals surface area (Å²) in [6, 6.07) is 0. The van der Waals surface area contributed by atoms with Gasteiger partial charge in [0, 0.05) is 18.4 Å². The molecule has 1 N–H and O–H groups in total. The molecular formula is C29H60O6Si2. The number of aliphatic hydroxyl groups is 1. The van der Waals surface area contributed by atoms with Gasteiger partial charge in [-0.1, -0.05) is 76.2 Å². The van der Waals surface area contributed by atoms with E-state index >= 15 is 0 Å². The first kappa shape index (κ1) is 34.8. The maximum atomic E-state index is 12.8. The van der Waals surface area contributed by atoms with E-state index in [2.05, 4.69) is 89.3 Å². The molecule has 1 aliphatic rings. The summed E-state index contributed by atoms with van der Waals surface area (Å²) in [5.74, 6) is -2.94. The van der Waals surface area contributed by atoms with E-state index in [0.29, 0.717) is 29.7 Å². The van der Waals surface area contributed by atoms with Crippen molar-refractivity contribution in [2.75, 3.05) is 13.2 Å². The third-order valence-corrected chi connectivity index (χ3v) is 19.9. The largest absolute Gasteiger partial charge is 0.466 e. The quantitative estimate of drug-likeness (QED) is 0.195. The Kier molecular flexibility index (Phi) is 11.8. The molecule has 0 saturated carbocycles. The number of esters is 1. The maximum Gasteiger partial charge on any atom is 0.314 e. The highest BCUT2D eigenvalue weighted by molar-refractivity contribution is 6.77. The van der Waals surface area contributed by atoms with E-state index in [4.69, 9.17) is 18.3 Å². The summed E-state index contributed by atoms with van der Waals surface area (Å²) >= 11 is 0. The van der Waals surface area contributed by atoms with Crippen LogP contribution in [0.2, 0.25) is 34.8 Å². The average molecular weight is 561 g/mol. The highest BCUT2D eigenvalue weighted by Gasteiger charge is 2.55. The van der Waals surface area contributed by atoms with Crippen LogP contribution >= 0.6 is 0 Å². The molecule has 220 valence electrons. The standard InChI is InChI=1S/C29H60O6Si2/c1-16-32-26(30)23(8)29(31)18-24(35-37(20(2)3,21(4)5)22(6)7)17-25(34-29)28(12,13)19-33-36(14,15)27(9,10)11/h20-25,31H,16-19H2,1-15H3/t23-,24-,25-,29+/m1/s1. The SMILES string of the molecule is CCOC(=O)[C@@H](C)[C@]1(O)C[C@H](O[Si](C(C)C)(C(C)C)C(C)C)C[C@H](C(C)(C)CO[Si](C)(C)C(C)(C)C)O1. The van der Waals surface area contributed by atoms with E-state index in [1.165, 1.54) is 0 Å². The lowest BCUT2D eigenvalue weighted by Crippen LogP contribution is -2.60. The topological polar surface area (TPSA) is 74.2 Å². The number of hydrogen-bond donors (Lipinski definition) is 1. The average Bonchev–Trinajstić information content (AvgIpc) is 2.74. The summed E-state index contributed by atoms with van der Waals surface area (Å²) in [6.45, 7) is 33.4. The number of carbonyl (C=O) groups excluding carboxylic acids is 1. The Morgan fingerprint density at radius 3 is 1.89 bits per heavy atom. The van der Waals surface area contributed by atoms with Gasteiger partial charge in [0.2, 0.25) is 8.32 Å². The molecule has 0 aromatic carbocycles. The molecule has 8 heteroatoms. The number of carbonyl (C=O) groups is 1. The molecule has 0 aromatic heterocycles. The summed E-state index contributed by atoms with van der Waals surface area (Å²) in [7, 11) is -4.20. The van der Waals surface area contributed by atoms with Gasteiger partial charge in [-0.05, 0) is 55.0 Å². The molecule has 0 amide bonds. The van der Waals surface area contributed by atoms with E-state index in [1.807, 2.05) is 0 Å². The van der Waals surface area contributed by atoms with Crippen LogP contribution in [-0.4, -0.2) is 58.9 Å². The van der Waals surface area contributed by atoms with Gasteiger partial charge >= 0.3 is 5.97 Å². The lowest BCUT2D eigenvalue weighted by atomic mass is 9.79. The second kappa shape index (κ2) is 12.5. The van der Waals surface area contributed by atoms with E-state index in [9.17, 15) is 9.90 Å². The third kappa shape index (κ3) is 7.91. The molecule has 0 aromatic rings. The van der Waals surface area contributed by atoms with Crippen LogP contribution in [0.5, 0.6) is 0 Å². The molecule has 0 radical (unpaired) electrons. The van der Waals surface area contributed by atoms with Crippen molar-refractivity contribution in [3.05, 3.63) is 0 Å².